The predicted octanol–water partition coefficient (Wildman–Crippen LogP) is 5.09. The summed E-state index contributed by atoms with van der Waals surface area (Å²) in [5, 5.41) is -0.852. The molecule has 4 aliphatic rings. The number of ether oxygens (including phenoxy) is 2. The number of esters is 2. The molecule has 1 aliphatic carbocycles. The maximum atomic E-state index is 13.4. The highest BCUT2D eigenvalue weighted by Gasteiger charge is 2.68. The van der Waals surface area contributed by atoms with Crippen molar-refractivity contribution in [3.63, 3.8) is 0 Å². The normalized spacial score (nSPS) is 34.3. The maximum Gasteiger partial charge on any atom is 0.335 e. The lowest BCUT2D eigenvalue weighted by molar-refractivity contribution is -0.140. The van der Waals surface area contributed by atoms with Crippen LogP contribution >= 0.6 is 6.04 Å². The smallest absolute Gasteiger partial charge is 0.335 e. The van der Waals surface area contributed by atoms with E-state index < -0.39 is 28.5 Å². The van der Waals surface area contributed by atoms with Crippen molar-refractivity contribution in [3.05, 3.63) is 69.8 Å². The Morgan fingerprint density at radius 1 is 1.00 bits per heavy atom. The Labute approximate surface area is 189 Å². The molecule has 0 fully saturated rings. The van der Waals surface area contributed by atoms with Crippen LogP contribution in [0.15, 0.2) is 64.3 Å². The summed E-state index contributed by atoms with van der Waals surface area (Å²) in [6, 6.07) is 7.65. The van der Waals surface area contributed by atoms with E-state index in [4.69, 9.17) is 21.3 Å². The van der Waals surface area contributed by atoms with Crippen molar-refractivity contribution < 1.29 is 19.1 Å². The molecule has 164 valence electrons. The van der Waals surface area contributed by atoms with Crippen LogP contribution in [0.1, 0.15) is 39.7 Å². The highest BCUT2D eigenvalue weighted by Crippen LogP contribution is 2.83. The Morgan fingerprint density at radius 3 is 2.16 bits per heavy atom. The van der Waals surface area contributed by atoms with Crippen LogP contribution in [0.5, 0.6) is 0 Å². The van der Waals surface area contributed by atoms with E-state index in [0.717, 1.165) is 23.7 Å². The van der Waals surface area contributed by atoms with E-state index in [2.05, 4.69) is 33.8 Å². The molecular weight excluding hydrogens is 427 g/mol. The fourth-order valence-corrected chi connectivity index (χ4v) is 13.5. The van der Waals surface area contributed by atoms with Crippen molar-refractivity contribution in [2.24, 2.45) is 5.41 Å². The predicted molar refractivity (Wildman–Crippen MR) is 127 cm³/mol. The van der Waals surface area contributed by atoms with Gasteiger partial charge in [-0.25, -0.2) is 9.59 Å². The number of allylic oxidation sites excluding steroid dienone is 4. The molecule has 4 atom stereocenters. The molecule has 5 rings (SSSR count). The fraction of sp³-hybridized carbons (Fsp3) is 0.440. The third-order valence-corrected chi connectivity index (χ3v) is 14.3. The van der Waals surface area contributed by atoms with Crippen LogP contribution in [0.2, 0.25) is 0 Å². The van der Waals surface area contributed by atoms with Crippen molar-refractivity contribution in [2.75, 3.05) is 20.4 Å². The number of carbonyl (C=O) groups is 2. The van der Waals surface area contributed by atoms with Crippen LogP contribution in [0.25, 0.3) is 0 Å². The van der Waals surface area contributed by atoms with Gasteiger partial charge in [-0.2, -0.15) is 0 Å². The van der Waals surface area contributed by atoms with Gasteiger partial charge in [0, 0.05) is 11.1 Å². The highest BCUT2D eigenvalue weighted by molar-refractivity contribution is 8.15. The van der Waals surface area contributed by atoms with Gasteiger partial charge in [-0.3, -0.25) is 0 Å². The van der Waals surface area contributed by atoms with Crippen LogP contribution in [-0.4, -0.2) is 38.0 Å². The average molecular weight is 457 g/mol. The Kier molecular flexibility index (Phi) is 5.22. The van der Waals surface area contributed by atoms with Gasteiger partial charge in [0.1, 0.15) is 0 Å². The molecule has 0 spiro atoms. The summed E-state index contributed by atoms with van der Waals surface area (Å²) >= 11 is 6.68. The van der Waals surface area contributed by atoms with E-state index in [1.165, 1.54) is 25.4 Å². The molecular formula is C25H29O4PS. The quantitative estimate of drug-likeness (QED) is 0.360. The SMILES string of the molecule is COC(=O)C1=C(C(=O)OC)C2(c3ccccc3)C=C(C)C1(C)C1CC(C)=C(C)CP12=S. The Morgan fingerprint density at radius 2 is 1.58 bits per heavy atom. The molecule has 31 heavy (non-hydrogen) atoms. The molecule has 0 aromatic heterocycles. The van der Waals surface area contributed by atoms with Gasteiger partial charge in [0.05, 0.1) is 30.5 Å². The van der Waals surface area contributed by atoms with E-state index in [9.17, 15) is 9.59 Å². The molecule has 0 saturated carbocycles. The van der Waals surface area contributed by atoms with Gasteiger partial charge in [0.15, 0.2) is 0 Å². The molecule has 3 heterocycles. The third kappa shape index (κ3) is 2.63. The third-order valence-electron chi connectivity index (χ3n) is 7.86. The second-order valence-corrected chi connectivity index (χ2v) is 14.3. The lowest BCUT2D eigenvalue weighted by atomic mass is 9.62. The van der Waals surface area contributed by atoms with Crippen LogP contribution < -0.4 is 0 Å². The van der Waals surface area contributed by atoms with Gasteiger partial charge >= 0.3 is 11.9 Å². The Hall–Kier alpha value is -1.97. The van der Waals surface area contributed by atoms with E-state index in [1.54, 1.807) is 0 Å². The van der Waals surface area contributed by atoms with Crippen molar-refractivity contribution >= 4 is 29.8 Å². The molecule has 4 nitrogen and oxygen atoms in total. The summed E-state index contributed by atoms with van der Waals surface area (Å²) in [6.45, 7) is 8.45. The van der Waals surface area contributed by atoms with Gasteiger partial charge < -0.3 is 9.47 Å². The molecule has 6 heteroatoms. The Bertz CT molecular complexity index is 1130. The van der Waals surface area contributed by atoms with Crippen molar-refractivity contribution in [1.29, 1.82) is 0 Å². The zero-order chi connectivity index (χ0) is 22.8. The van der Waals surface area contributed by atoms with Crippen LogP contribution in [-0.2, 0) is 36.0 Å². The molecule has 0 amide bonds. The number of hydrogen-bond donors (Lipinski definition) is 0. The van der Waals surface area contributed by atoms with Crippen LogP contribution in [0.4, 0.5) is 0 Å². The van der Waals surface area contributed by atoms with Gasteiger partial charge in [-0.1, -0.05) is 71.9 Å². The highest BCUT2D eigenvalue weighted by atomic mass is 32.4. The molecule has 3 aliphatic heterocycles. The van der Waals surface area contributed by atoms with E-state index in [0.29, 0.717) is 11.1 Å². The standard InChI is InChI=1S/C25H29O4PS/c1-15-12-19-24(4)17(3)13-25(18-10-8-7-9-11-18,30(19,31)14-16(15)2)21(23(27)29-6)20(24)22(26)28-5/h7-11,13,19H,12,14H2,1-6H3. The summed E-state index contributed by atoms with van der Waals surface area (Å²) in [5.74, 6) is -0.966. The first-order valence-electron chi connectivity index (χ1n) is 10.5. The zero-order valence-electron chi connectivity index (χ0n) is 18.9. The topological polar surface area (TPSA) is 52.6 Å². The fourth-order valence-electron chi connectivity index (χ4n) is 6.03. The molecule has 0 saturated heterocycles. The molecule has 1 aromatic carbocycles. The molecule has 0 N–H and O–H groups in total. The van der Waals surface area contributed by atoms with Gasteiger partial charge in [0.2, 0.25) is 0 Å². The minimum Gasteiger partial charge on any atom is -0.466 e. The summed E-state index contributed by atoms with van der Waals surface area (Å²) < 4.78 is 10.5. The lowest BCUT2D eigenvalue weighted by Crippen LogP contribution is -2.56. The van der Waals surface area contributed by atoms with Gasteiger partial charge in [-0.15, -0.1) is 0 Å². The number of hydrogen-bond acceptors (Lipinski definition) is 5. The lowest BCUT2D eigenvalue weighted by Gasteiger charge is -2.63. The second kappa shape index (κ2) is 7.28. The van der Waals surface area contributed by atoms with E-state index >= 15 is 0 Å². The van der Waals surface area contributed by atoms with Gasteiger partial charge in [0.25, 0.3) is 0 Å². The van der Waals surface area contributed by atoms with Crippen molar-refractivity contribution in [1.82, 2.24) is 0 Å². The average Bonchev–Trinajstić information content (AvgIpc) is 2.76. The summed E-state index contributed by atoms with van der Waals surface area (Å²) in [4.78, 5) is 26.7. The zero-order valence-corrected chi connectivity index (χ0v) is 20.7. The molecule has 0 radical (unpaired) electrons. The number of methoxy groups -OCH3 is 2. The van der Waals surface area contributed by atoms with Gasteiger partial charge in [-0.05, 0) is 45.0 Å². The second-order valence-electron chi connectivity index (χ2n) is 9.13. The minimum absolute atomic E-state index is 0.0754. The monoisotopic (exact) mass is 456 g/mol. The summed E-state index contributed by atoms with van der Waals surface area (Å²) in [5.41, 5.74) is 4.88. The molecule has 4 unspecified atom stereocenters. The summed E-state index contributed by atoms with van der Waals surface area (Å²) in [7, 11) is 2.74. The molecule has 1 aromatic rings. The minimum atomic E-state index is -2.31. The number of benzene rings is 1. The van der Waals surface area contributed by atoms with Crippen LogP contribution in [0.3, 0.4) is 0 Å². The first-order valence-corrected chi connectivity index (χ1v) is 13.6. The maximum absolute atomic E-state index is 13.4. The van der Waals surface area contributed by atoms with E-state index in [-0.39, 0.29) is 5.66 Å². The van der Waals surface area contributed by atoms with Crippen LogP contribution in [0, 0.1) is 5.41 Å². The largest absolute Gasteiger partial charge is 0.466 e. The number of rotatable bonds is 3. The number of carbonyl (C=O) groups excluding carboxylic acids is 2. The van der Waals surface area contributed by atoms with Crippen molar-refractivity contribution in [3.8, 4) is 0 Å². The first-order chi connectivity index (χ1) is 14.6. The van der Waals surface area contributed by atoms with E-state index in [1.807, 2.05) is 30.3 Å². The Balaban J connectivity index is 2.23. The first kappa shape index (κ1) is 22.2. The summed E-state index contributed by atoms with van der Waals surface area (Å²) in [6.07, 6.45) is 3.79. The van der Waals surface area contributed by atoms with Crippen molar-refractivity contribution in [2.45, 2.75) is 44.9 Å². The molecule has 2 bridgehead atoms.